The number of non-ortho nitro benzene ring substituents is 1. The number of nitro benzene ring substituents is 1. The van der Waals surface area contributed by atoms with Crippen LogP contribution in [0.25, 0.3) is 11.5 Å². The molecule has 29 heavy (non-hydrogen) atoms. The van der Waals surface area contributed by atoms with E-state index >= 15 is 0 Å². The lowest BCUT2D eigenvalue weighted by Crippen LogP contribution is -2.29. The van der Waals surface area contributed by atoms with Gasteiger partial charge in [-0.05, 0) is 49.6 Å². The zero-order chi connectivity index (χ0) is 20.4. The van der Waals surface area contributed by atoms with E-state index in [1.807, 2.05) is 12.1 Å². The van der Waals surface area contributed by atoms with Crippen LogP contribution in [0.2, 0.25) is 0 Å². The molecule has 1 aromatic heterocycles. The lowest BCUT2D eigenvalue weighted by atomic mass is 10.1. The lowest BCUT2D eigenvalue weighted by molar-refractivity contribution is -0.384. The van der Waals surface area contributed by atoms with Crippen molar-refractivity contribution in [2.24, 2.45) is 0 Å². The predicted molar refractivity (Wildman–Crippen MR) is 106 cm³/mol. The van der Waals surface area contributed by atoms with Crippen LogP contribution < -0.4 is 4.74 Å². The topological polar surface area (TPSA) is 94.5 Å². The Hall–Kier alpha value is -3.26. The van der Waals surface area contributed by atoms with Gasteiger partial charge in [-0.15, -0.1) is 10.2 Å². The number of ether oxygens (including phenoxy) is 1. The summed E-state index contributed by atoms with van der Waals surface area (Å²) in [6, 6.07) is 14.6. The highest BCUT2D eigenvalue weighted by atomic mass is 16.6. The maximum Gasteiger partial charge on any atom is 0.269 e. The largest absolute Gasteiger partial charge is 0.497 e. The van der Waals surface area contributed by atoms with Crippen molar-refractivity contribution in [2.75, 3.05) is 7.11 Å². The summed E-state index contributed by atoms with van der Waals surface area (Å²) in [5, 5.41) is 19.2. The molecule has 0 aliphatic heterocycles. The molecular formula is C21H22N4O4. The molecule has 0 radical (unpaired) electrons. The smallest absolute Gasteiger partial charge is 0.269 e. The van der Waals surface area contributed by atoms with E-state index < -0.39 is 4.92 Å². The fraction of sp³-hybridized carbons (Fsp3) is 0.333. The third kappa shape index (κ3) is 4.27. The summed E-state index contributed by atoms with van der Waals surface area (Å²) >= 11 is 0. The number of methoxy groups -OCH3 is 1. The van der Waals surface area contributed by atoms with Gasteiger partial charge < -0.3 is 9.15 Å². The third-order valence-corrected chi connectivity index (χ3v) is 5.16. The molecule has 8 heteroatoms. The van der Waals surface area contributed by atoms with Gasteiger partial charge in [-0.25, -0.2) is 0 Å². The van der Waals surface area contributed by atoms with Gasteiger partial charge in [-0.3, -0.25) is 15.0 Å². The number of aromatic nitrogens is 2. The molecule has 150 valence electrons. The van der Waals surface area contributed by atoms with E-state index in [1.54, 1.807) is 19.2 Å². The van der Waals surface area contributed by atoms with Crippen molar-refractivity contribution >= 4 is 5.69 Å². The number of nitrogens with zero attached hydrogens (tertiary/aromatic N) is 4. The van der Waals surface area contributed by atoms with E-state index in [9.17, 15) is 10.1 Å². The van der Waals surface area contributed by atoms with Crippen LogP contribution in [0.4, 0.5) is 5.69 Å². The molecule has 0 bridgehead atoms. The zero-order valence-electron chi connectivity index (χ0n) is 16.3. The molecule has 1 heterocycles. The molecule has 8 nitrogen and oxygen atoms in total. The van der Waals surface area contributed by atoms with E-state index in [-0.39, 0.29) is 11.7 Å². The zero-order valence-corrected chi connectivity index (χ0v) is 16.3. The van der Waals surface area contributed by atoms with E-state index in [1.165, 1.54) is 17.7 Å². The second kappa shape index (κ2) is 8.00. The Morgan fingerprint density at radius 2 is 1.86 bits per heavy atom. The van der Waals surface area contributed by atoms with Crippen LogP contribution >= 0.6 is 0 Å². The lowest BCUT2D eigenvalue weighted by Gasteiger charge is -2.26. The van der Waals surface area contributed by atoms with Gasteiger partial charge in [0.2, 0.25) is 11.8 Å². The Morgan fingerprint density at radius 1 is 1.17 bits per heavy atom. The van der Waals surface area contributed by atoms with E-state index in [2.05, 4.69) is 34.2 Å². The monoisotopic (exact) mass is 394 g/mol. The standard InChI is InChI=1S/C21H22N4O4/c1-14(24(17-9-10-17)13-15-3-11-19(28-2)12-4-15)20-22-23-21(29-20)16-5-7-18(8-6-16)25(26)27/h3-8,11-12,14,17H,9-10,13H2,1-2H3/t14-/m1/s1. The third-order valence-electron chi connectivity index (χ3n) is 5.16. The molecule has 0 saturated heterocycles. The van der Waals surface area contributed by atoms with Crippen LogP contribution in [-0.2, 0) is 6.54 Å². The minimum atomic E-state index is -0.433. The minimum Gasteiger partial charge on any atom is -0.497 e. The van der Waals surface area contributed by atoms with E-state index in [0.29, 0.717) is 23.4 Å². The molecule has 0 N–H and O–H groups in total. The molecular weight excluding hydrogens is 372 g/mol. The molecule has 0 unspecified atom stereocenters. The number of rotatable bonds is 8. The van der Waals surface area contributed by atoms with Crippen LogP contribution in [-0.4, -0.2) is 33.2 Å². The van der Waals surface area contributed by atoms with Crippen LogP contribution in [0.15, 0.2) is 52.9 Å². The quantitative estimate of drug-likeness (QED) is 0.413. The summed E-state index contributed by atoms with van der Waals surface area (Å²) in [4.78, 5) is 12.8. The van der Waals surface area contributed by atoms with Crippen molar-refractivity contribution in [3.63, 3.8) is 0 Å². The second-order valence-corrected chi connectivity index (χ2v) is 7.18. The molecule has 1 aliphatic carbocycles. The Morgan fingerprint density at radius 3 is 2.45 bits per heavy atom. The van der Waals surface area contributed by atoms with Crippen molar-refractivity contribution in [2.45, 2.75) is 38.4 Å². The van der Waals surface area contributed by atoms with Crippen molar-refractivity contribution in [1.82, 2.24) is 15.1 Å². The van der Waals surface area contributed by atoms with E-state index in [0.717, 1.165) is 25.1 Å². The number of hydrogen-bond acceptors (Lipinski definition) is 7. The Labute approximate surface area is 168 Å². The highest BCUT2D eigenvalue weighted by Crippen LogP contribution is 2.36. The molecule has 4 rings (SSSR count). The predicted octanol–water partition coefficient (Wildman–Crippen LogP) is 4.38. The van der Waals surface area contributed by atoms with Gasteiger partial charge in [0, 0.05) is 30.3 Å². The van der Waals surface area contributed by atoms with Gasteiger partial charge in [-0.1, -0.05) is 12.1 Å². The summed E-state index contributed by atoms with van der Waals surface area (Å²) < 4.78 is 11.1. The van der Waals surface area contributed by atoms with Crippen LogP contribution in [0.5, 0.6) is 5.75 Å². The average Bonchev–Trinajstić information content (AvgIpc) is 3.47. The summed E-state index contributed by atoms with van der Waals surface area (Å²) in [7, 11) is 1.66. The van der Waals surface area contributed by atoms with Crippen LogP contribution in [0.3, 0.4) is 0 Å². The van der Waals surface area contributed by atoms with Gasteiger partial charge in [0.05, 0.1) is 18.1 Å². The van der Waals surface area contributed by atoms with Gasteiger partial charge >= 0.3 is 0 Å². The van der Waals surface area contributed by atoms with E-state index in [4.69, 9.17) is 9.15 Å². The summed E-state index contributed by atoms with van der Waals surface area (Å²) in [5.74, 6) is 1.74. The summed E-state index contributed by atoms with van der Waals surface area (Å²) in [6.45, 7) is 2.85. The first kappa shape index (κ1) is 19.1. The molecule has 1 saturated carbocycles. The van der Waals surface area contributed by atoms with Crippen LogP contribution in [0, 0.1) is 10.1 Å². The van der Waals surface area contributed by atoms with Crippen molar-refractivity contribution in [1.29, 1.82) is 0 Å². The molecule has 3 aromatic rings. The Kier molecular flexibility index (Phi) is 5.26. The average molecular weight is 394 g/mol. The van der Waals surface area contributed by atoms with Gasteiger partial charge in [0.1, 0.15) is 5.75 Å². The van der Waals surface area contributed by atoms with Gasteiger partial charge in [0.15, 0.2) is 0 Å². The molecule has 1 atom stereocenters. The second-order valence-electron chi connectivity index (χ2n) is 7.18. The number of hydrogen-bond donors (Lipinski definition) is 0. The minimum absolute atomic E-state index is 0.0289. The van der Waals surface area contributed by atoms with Crippen molar-refractivity contribution in [3.8, 4) is 17.2 Å². The Balaban J connectivity index is 1.51. The van der Waals surface area contributed by atoms with Gasteiger partial charge in [-0.2, -0.15) is 0 Å². The molecule has 2 aromatic carbocycles. The maximum absolute atomic E-state index is 10.8. The first-order valence-corrected chi connectivity index (χ1v) is 9.52. The SMILES string of the molecule is COc1ccc(CN(C2CC2)[C@H](C)c2nnc(-c3ccc([N+](=O)[O-])cc3)o2)cc1. The molecule has 1 fully saturated rings. The highest BCUT2D eigenvalue weighted by molar-refractivity contribution is 5.55. The fourth-order valence-electron chi connectivity index (χ4n) is 3.32. The molecule has 1 aliphatic rings. The van der Waals surface area contributed by atoms with Crippen LogP contribution in [0.1, 0.15) is 37.3 Å². The maximum atomic E-state index is 10.8. The first-order chi connectivity index (χ1) is 14.0. The highest BCUT2D eigenvalue weighted by Gasteiger charge is 2.35. The number of nitro groups is 1. The first-order valence-electron chi connectivity index (χ1n) is 9.52. The van der Waals surface area contributed by atoms with Crippen molar-refractivity contribution in [3.05, 3.63) is 70.1 Å². The normalized spacial score (nSPS) is 14.7. The van der Waals surface area contributed by atoms with Gasteiger partial charge in [0.25, 0.3) is 5.69 Å². The summed E-state index contributed by atoms with van der Waals surface area (Å²) in [6.07, 6.45) is 2.31. The molecule has 0 amide bonds. The summed E-state index contributed by atoms with van der Waals surface area (Å²) in [5.41, 5.74) is 1.88. The molecule has 0 spiro atoms. The fourth-order valence-corrected chi connectivity index (χ4v) is 3.32. The van der Waals surface area contributed by atoms with Crippen molar-refractivity contribution < 1.29 is 14.1 Å². The Bertz CT molecular complexity index is 981. The number of benzene rings is 2.